The third-order valence-electron chi connectivity index (χ3n) is 5.22. The van der Waals surface area contributed by atoms with Crippen molar-refractivity contribution in [3.63, 3.8) is 0 Å². The molecule has 3 aromatic rings. The van der Waals surface area contributed by atoms with Gasteiger partial charge in [0.15, 0.2) is 0 Å². The molecule has 0 radical (unpaired) electrons. The Balaban J connectivity index is 1.41. The van der Waals surface area contributed by atoms with Crippen LogP contribution in [0.15, 0.2) is 76.7 Å². The fourth-order valence-corrected chi connectivity index (χ4v) is 3.34. The van der Waals surface area contributed by atoms with E-state index in [1.165, 1.54) is 29.5 Å². The standard InChI is InChI=1S/C26H27F3N4O/c27-26(28,29)23-12-8-22(9-13-23)11-15-25-33-24(19-34-25)14-10-21-6-4-20(5-7-21)3-1-2-16-31-17-18-32-30/h4-9,11-13,15,17-19,30-31H,1-3,10,14,16H2/b15-11+,18-17-,32-30?. The lowest BCUT2D eigenvalue weighted by Crippen LogP contribution is -2.06. The lowest BCUT2D eigenvalue weighted by molar-refractivity contribution is -0.137. The predicted octanol–water partition coefficient (Wildman–Crippen LogP) is 7.06. The lowest BCUT2D eigenvalue weighted by atomic mass is 10.0. The van der Waals surface area contributed by atoms with Crippen LogP contribution in [-0.4, -0.2) is 11.5 Å². The topological polar surface area (TPSA) is 74.3 Å². The van der Waals surface area contributed by atoms with E-state index in [4.69, 9.17) is 9.95 Å². The largest absolute Gasteiger partial charge is 0.445 e. The van der Waals surface area contributed by atoms with Gasteiger partial charge in [0.2, 0.25) is 5.89 Å². The van der Waals surface area contributed by atoms with Gasteiger partial charge in [0, 0.05) is 18.8 Å². The maximum absolute atomic E-state index is 12.6. The van der Waals surface area contributed by atoms with Crippen molar-refractivity contribution in [3.8, 4) is 0 Å². The first-order valence-corrected chi connectivity index (χ1v) is 11.1. The highest BCUT2D eigenvalue weighted by molar-refractivity contribution is 5.66. The predicted molar refractivity (Wildman–Crippen MR) is 126 cm³/mol. The van der Waals surface area contributed by atoms with E-state index < -0.39 is 11.7 Å². The van der Waals surface area contributed by atoms with Gasteiger partial charge < -0.3 is 9.73 Å². The van der Waals surface area contributed by atoms with E-state index in [0.717, 1.165) is 56.5 Å². The molecule has 2 N–H and O–H groups in total. The summed E-state index contributed by atoms with van der Waals surface area (Å²) in [6, 6.07) is 13.5. The number of nitrogens with one attached hydrogen (secondary N) is 2. The average molecular weight is 469 g/mol. The molecule has 1 heterocycles. The minimum Gasteiger partial charge on any atom is -0.445 e. The first-order chi connectivity index (χ1) is 16.4. The molecule has 0 aliphatic carbocycles. The minimum absolute atomic E-state index is 0.421. The number of oxazole rings is 1. The monoisotopic (exact) mass is 468 g/mol. The van der Waals surface area contributed by atoms with Gasteiger partial charge in [-0.2, -0.15) is 18.3 Å². The molecule has 0 saturated carbocycles. The Labute approximate surface area is 196 Å². The molecule has 0 saturated heterocycles. The summed E-state index contributed by atoms with van der Waals surface area (Å²) >= 11 is 0. The summed E-state index contributed by atoms with van der Waals surface area (Å²) in [5, 5.41) is 6.23. The Bertz CT molecular complexity index is 1080. The summed E-state index contributed by atoms with van der Waals surface area (Å²) in [5.74, 6) is 0.421. The first-order valence-electron chi connectivity index (χ1n) is 11.1. The molecule has 1 aromatic heterocycles. The van der Waals surface area contributed by atoms with Crippen molar-refractivity contribution in [2.45, 2.75) is 38.3 Å². The van der Waals surface area contributed by atoms with Crippen LogP contribution in [0.3, 0.4) is 0 Å². The maximum Gasteiger partial charge on any atom is 0.416 e. The van der Waals surface area contributed by atoms with Crippen LogP contribution in [-0.2, 0) is 25.4 Å². The molecule has 0 unspecified atom stereocenters. The van der Waals surface area contributed by atoms with Crippen molar-refractivity contribution >= 4 is 12.2 Å². The number of nitrogens with zero attached hydrogens (tertiary/aromatic N) is 2. The second-order valence-corrected chi connectivity index (χ2v) is 7.80. The zero-order valence-electron chi connectivity index (χ0n) is 18.7. The Hall–Kier alpha value is -3.68. The summed E-state index contributed by atoms with van der Waals surface area (Å²) in [6.45, 7) is 0.864. The van der Waals surface area contributed by atoms with Crippen LogP contribution in [0.1, 0.15) is 46.7 Å². The Morgan fingerprint density at radius 2 is 1.62 bits per heavy atom. The van der Waals surface area contributed by atoms with Crippen LogP contribution in [0.4, 0.5) is 13.2 Å². The van der Waals surface area contributed by atoms with Gasteiger partial charge in [-0.3, -0.25) is 0 Å². The van der Waals surface area contributed by atoms with Crippen LogP contribution in [0.25, 0.3) is 12.2 Å². The molecule has 3 rings (SSSR count). The third-order valence-corrected chi connectivity index (χ3v) is 5.22. The highest BCUT2D eigenvalue weighted by Crippen LogP contribution is 2.29. The number of benzene rings is 2. The second-order valence-electron chi connectivity index (χ2n) is 7.80. The van der Waals surface area contributed by atoms with Crippen LogP contribution in [0, 0.1) is 5.53 Å². The van der Waals surface area contributed by atoms with Crippen molar-refractivity contribution in [1.82, 2.24) is 10.3 Å². The number of hydrogen-bond acceptors (Lipinski definition) is 5. The first kappa shape index (κ1) is 25.0. The number of aryl methyl sites for hydroxylation is 3. The van der Waals surface area contributed by atoms with E-state index in [1.54, 1.807) is 24.6 Å². The Morgan fingerprint density at radius 3 is 2.29 bits per heavy atom. The van der Waals surface area contributed by atoms with Gasteiger partial charge in [-0.25, -0.2) is 10.5 Å². The molecule has 0 atom stereocenters. The molecule has 5 nitrogen and oxygen atoms in total. The van der Waals surface area contributed by atoms with Crippen LogP contribution >= 0.6 is 0 Å². The van der Waals surface area contributed by atoms with Gasteiger partial charge in [-0.05, 0) is 67.0 Å². The van der Waals surface area contributed by atoms with E-state index in [0.29, 0.717) is 11.5 Å². The summed E-state index contributed by atoms with van der Waals surface area (Å²) in [4.78, 5) is 4.43. The highest BCUT2D eigenvalue weighted by Gasteiger charge is 2.29. The molecule has 178 valence electrons. The molecular weight excluding hydrogens is 441 g/mol. The molecule has 8 heteroatoms. The van der Waals surface area contributed by atoms with Crippen molar-refractivity contribution in [2.75, 3.05) is 6.54 Å². The number of alkyl halides is 3. The average Bonchev–Trinajstić information content (AvgIpc) is 3.29. The fourth-order valence-electron chi connectivity index (χ4n) is 3.34. The number of unbranched alkanes of at least 4 members (excludes halogenated alkanes) is 1. The van der Waals surface area contributed by atoms with Crippen molar-refractivity contribution < 1.29 is 17.6 Å². The van der Waals surface area contributed by atoms with Crippen molar-refractivity contribution in [2.24, 2.45) is 5.11 Å². The Kier molecular flexibility index (Phi) is 9.20. The van der Waals surface area contributed by atoms with Crippen LogP contribution in [0.5, 0.6) is 0 Å². The number of aromatic nitrogens is 1. The minimum atomic E-state index is -4.34. The summed E-state index contributed by atoms with van der Waals surface area (Å²) in [6.07, 6.45) is 8.42. The molecule has 0 fully saturated rings. The third kappa shape index (κ3) is 8.35. The smallest absolute Gasteiger partial charge is 0.416 e. The molecule has 0 spiro atoms. The van der Waals surface area contributed by atoms with E-state index in [2.05, 4.69) is 39.7 Å². The normalized spacial score (nSPS) is 12.0. The molecule has 0 amide bonds. The summed E-state index contributed by atoms with van der Waals surface area (Å²) in [5.41, 5.74) is 9.98. The number of halogens is 3. The quantitative estimate of drug-likeness (QED) is 0.221. The van der Waals surface area contributed by atoms with Gasteiger partial charge in [0.25, 0.3) is 0 Å². The van der Waals surface area contributed by atoms with E-state index in [1.807, 2.05) is 0 Å². The lowest BCUT2D eigenvalue weighted by Gasteiger charge is -2.05. The van der Waals surface area contributed by atoms with Gasteiger partial charge in [-0.15, -0.1) is 0 Å². The maximum atomic E-state index is 12.6. The van der Waals surface area contributed by atoms with Crippen molar-refractivity contribution in [1.29, 1.82) is 5.53 Å². The molecule has 2 aromatic carbocycles. The summed E-state index contributed by atoms with van der Waals surface area (Å²) in [7, 11) is 0. The zero-order valence-corrected chi connectivity index (χ0v) is 18.7. The van der Waals surface area contributed by atoms with Crippen molar-refractivity contribution in [3.05, 3.63) is 101 Å². The van der Waals surface area contributed by atoms with E-state index >= 15 is 0 Å². The molecule has 34 heavy (non-hydrogen) atoms. The van der Waals surface area contributed by atoms with Crippen LogP contribution in [0.2, 0.25) is 0 Å². The zero-order chi connectivity index (χ0) is 24.2. The molecule has 0 aliphatic heterocycles. The number of hydrogen-bond donors (Lipinski definition) is 2. The fraction of sp³-hybridized carbons (Fsp3) is 0.269. The van der Waals surface area contributed by atoms with Gasteiger partial charge in [0.05, 0.1) is 17.5 Å². The van der Waals surface area contributed by atoms with Gasteiger partial charge in [0.1, 0.15) is 6.26 Å². The van der Waals surface area contributed by atoms with Crippen LogP contribution < -0.4 is 5.32 Å². The molecular formula is C26H27F3N4O. The highest BCUT2D eigenvalue weighted by atomic mass is 19.4. The van der Waals surface area contributed by atoms with Gasteiger partial charge >= 0.3 is 6.18 Å². The Morgan fingerprint density at radius 1 is 0.912 bits per heavy atom. The van der Waals surface area contributed by atoms with E-state index in [-0.39, 0.29) is 0 Å². The number of rotatable bonds is 12. The second kappa shape index (κ2) is 12.5. The summed E-state index contributed by atoms with van der Waals surface area (Å²) < 4.78 is 43.4. The molecule has 0 bridgehead atoms. The van der Waals surface area contributed by atoms with E-state index in [9.17, 15) is 13.2 Å². The SMILES string of the molecule is N=N/C=C\NCCCCc1ccc(CCc2coc(/C=C/c3ccc(C(F)(F)F)cc3)n2)cc1. The van der Waals surface area contributed by atoms with Gasteiger partial charge in [-0.1, -0.05) is 36.4 Å². The molecule has 0 aliphatic rings.